The summed E-state index contributed by atoms with van der Waals surface area (Å²) in [6, 6.07) is 8.35. The van der Waals surface area contributed by atoms with Crippen molar-refractivity contribution < 1.29 is 9.53 Å². The second-order valence-corrected chi connectivity index (χ2v) is 5.81. The summed E-state index contributed by atoms with van der Waals surface area (Å²) in [5.74, 6) is 0.537. The standard InChI is InChI=1S/C18H17N7O2/c1-12-21-9-15(17(20)22-12)10-25-11-16(23-24-25)5-6-27-18(26)14-4-2-3-13(7-14)8-19/h2-4,7,9,11H,5-6,10H2,1H3,(H2,20,21,22). The van der Waals surface area contributed by atoms with Crippen LogP contribution in [-0.2, 0) is 17.7 Å². The number of nitrogens with two attached hydrogens (primary N) is 1. The molecule has 0 aliphatic rings. The molecule has 0 unspecified atom stereocenters. The number of esters is 1. The smallest absolute Gasteiger partial charge is 0.338 e. The Labute approximate surface area is 155 Å². The van der Waals surface area contributed by atoms with Crippen molar-refractivity contribution in [1.82, 2.24) is 25.0 Å². The van der Waals surface area contributed by atoms with Crippen molar-refractivity contribution in [3.63, 3.8) is 0 Å². The number of aromatic nitrogens is 5. The molecule has 9 heteroatoms. The average molecular weight is 363 g/mol. The van der Waals surface area contributed by atoms with Crippen LogP contribution in [-0.4, -0.2) is 37.5 Å². The van der Waals surface area contributed by atoms with Gasteiger partial charge in [0.05, 0.1) is 36.0 Å². The van der Waals surface area contributed by atoms with Crippen molar-refractivity contribution in [1.29, 1.82) is 5.26 Å². The van der Waals surface area contributed by atoms with Crippen LogP contribution in [0.5, 0.6) is 0 Å². The average Bonchev–Trinajstić information content (AvgIpc) is 3.11. The Kier molecular flexibility index (Phi) is 5.37. The van der Waals surface area contributed by atoms with Crippen LogP contribution in [0.25, 0.3) is 0 Å². The van der Waals surface area contributed by atoms with Crippen molar-refractivity contribution in [2.45, 2.75) is 19.9 Å². The highest BCUT2D eigenvalue weighted by Crippen LogP contribution is 2.10. The van der Waals surface area contributed by atoms with Gasteiger partial charge in [0.15, 0.2) is 0 Å². The lowest BCUT2D eigenvalue weighted by Crippen LogP contribution is -2.08. The van der Waals surface area contributed by atoms with Crippen LogP contribution in [0, 0.1) is 18.3 Å². The summed E-state index contributed by atoms with van der Waals surface area (Å²) in [5.41, 5.74) is 8.06. The lowest BCUT2D eigenvalue weighted by atomic mass is 10.1. The largest absolute Gasteiger partial charge is 0.462 e. The molecule has 0 radical (unpaired) electrons. The maximum Gasteiger partial charge on any atom is 0.338 e. The molecule has 3 rings (SSSR count). The minimum atomic E-state index is -0.482. The lowest BCUT2D eigenvalue weighted by molar-refractivity contribution is 0.0508. The predicted octanol–water partition coefficient (Wildman–Crippen LogP) is 1.28. The molecule has 0 aliphatic carbocycles. The molecule has 0 saturated heterocycles. The van der Waals surface area contributed by atoms with Gasteiger partial charge in [-0.1, -0.05) is 11.3 Å². The van der Waals surface area contributed by atoms with Crippen LogP contribution >= 0.6 is 0 Å². The molecule has 2 heterocycles. The molecule has 2 N–H and O–H groups in total. The summed E-state index contributed by atoms with van der Waals surface area (Å²) in [4.78, 5) is 20.3. The van der Waals surface area contributed by atoms with E-state index in [1.54, 1.807) is 42.2 Å². The summed E-state index contributed by atoms with van der Waals surface area (Å²) in [6.07, 6.45) is 3.84. The first-order chi connectivity index (χ1) is 13.0. The maximum absolute atomic E-state index is 12.0. The Morgan fingerprint density at radius 3 is 3.04 bits per heavy atom. The van der Waals surface area contributed by atoms with E-state index in [1.165, 1.54) is 6.07 Å². The number of carbonyl (C=O) groups excluding carboxylic acids is 1. The third kappa shape index (κ3) is 4.64. The zero-order chi connectivity index (χ0) is 19.2. The van der Waals surface area contributed by atoms with Gasteiger partial charge in [-0.15, -0.1) is 5.10 Å². The molecule has 2 aromatic heterocycles. The number of aryl methyl sites for hydroxylation is 1. The number of nitrogen functional groups attached to an aromatic ring is 1. The van der Waals surface area contributed by atoms with E-state index >= 15 is 0 Å². The van der Waals surface area contributed by atoms with Gasteiger partial charge in [-0.2, -0.15) is 5.26 Å². The number of hydrogen-bond acceptors (Lipinski definition) is 8. The van der Waals surface area contributed by atoms with E-state index in [0.29, 0.717) is 41.4 Å². The van der Waals surface area contributed by atoms with Gasteiger partial charge < -0.3 is 10.5 Å². The second-order valence-electron chi connectivity index (χ2n) is 5.81. The van der Waals surface area contributed by atoms with Crippen LogP contribution < -0.4 is 5.73 Å². The first kappa shape index (κ1) is 18.0. The van der Waals surface area contributed by atoms with E-state index < -0.39 is 5.97 Å². The first-order valence-electron chi connectivity index (χ1n) is 8.19. The summed E-state index contributed by atoms with van der Waals surface area (Å²) < 4.78 is 6.85. The fraction of sp³-hybridized carbons (Fsp3) is 0.222. The molecule has 1 aromatic carbocycles. The van der Waals surface area contributed by atoms with Crippen molar-refractivity contribution >= 4 is 11.8 Å². The van der Waals surface area contributed by atoms with Gasteiger partial charge in [-0.25, -0.2) is 19.4 Å². The van der Waals surface area contributed by atoms with E-state index in [9.17, 15) is 4.79 Å². The van der Waals surface area contributed by atoms with Crippen molar-refractivity contribution in [3.8, 4) is 6.07 Å². The fourth-order valence-electron chi connectivity index (χ4n) is 2.39. The summed E-state index contributed by atoms with van der Waals surface area (Å²) in [5, 5.41) is 17.0. The quantitative estimate of drug-likeness (QED) is 0.648. The Bertz CT molecular complexity index is 1010. The Morgan fingerprint density at radius 1 is 1.41 bits per heavy atom. The molecular formula is C18H17N7O2. The molecule has 0 fully saturated rings. The van der Waals surface area contributed by atoms with Crippen LogP contribution in [0.3, 0.4) is 0 Å². The minimum absolute atomic E-state index is 0.157. The predicted molar refractivity (Wildman–Crippen MR) is 95.4 cm³/mol. The number of carbonyl (C=O) groups is 1. The third-order valence-electron chi connectivity index (χ3n) is 3.76. The SMILES string of the molecule is Cc1ncc(Cn2cc(CCOC(=O)c3cccc(C#N)c3)nn2)c(N)n1. The zero-order valence-corrected chi connectivity index (χ0v) is 14.7. The normalized spacial score (nSPS) is 10.4. The van der Waals surface area contributed by atoms with Crippen LogP contribution in [0.4, 0.5) is 5.82 Å². The Hall–Kier alpha value is -3.80. The van der Waals surface area contributed by atoms with Gasteiger partial charge >= 0.3 is 5.97 Å². The molecule has 0 aliphatic heterocycles. The summed E-state index contributed by atoms with van der Waals surface area (Å²) in [7, 11) is 0. The topological polar surface area (TPSA) is 133 Å². The fourth-order valence-corrected chi connectivity index (χ4v) is 2.39. The minimum Gasteiger partial charge on any atom is -0.462 e. The van der Waals surface area contributed by atoms with E-state index in [1.807, 2.05) is 6.07 Å². The van der Waals surface area contributed by atoms with Gasteiger partial charge in [0.25, 0.3) is 0 Å². The Morgan fingerprint density at radius 2 is 2.26 bits per heavy atom. The third-order valence-corrected chi connectivity index (χ3v) is 3.76. The number of rotatable bonds is 6. The summed E-state index contributed by atoms with van der Waals surface area (Å²) in [6.45, 7) is 2.33. The molecule has 3 aromatic rings. The molecular weight excluding hydrogens is 346 g/mol. The molecule has 0 bridgehead atoms. The highest BCUT2D eigenvalue weighted by Gasteiger charge is 2.10. The van der Waals surface area contributed by atoms with Crippen molar-refractivity contribution in [3.05, 3.63) is 64.9 Å². The summed E-state index contributed by atoms with van der Waals surface area (Å²) >= 11 is 0. The van der Waals surface area contributed by atoms with Crippen LogP contribution in [0.2, 0.25) is 0 Å². The van der Waals surface area contributed by atoms with Crippen LogP contribution in [0.15, 0.2) is 36.7 Å². The molecule has 27 heavy (non-hydrogen) atoms. The van der Waals surface area contributed by atoms with E-state index in [2.05, 4.69) is 20.3 Å². The van der Waals surface area contributed by atoms with Gasteiger partial charge in [0, 0.05) is 24.4 Å². The number of benzene rings is 1. The van der Waals surface area contributed by atoms with Crippen LogP contribution in [0.1, 0.15) is 33.0 Å². The first-order valence-corrected chi connectivity index (χ1v) is 8.19. The number of anilines is 1. The van der Waals surface area contributed by atoms with Gasteiger partial charge in [0.1, 0.15) is 11.6 Å². The van der Waals surface area contributed by atoms with E-state index in [4.69, 9.17) is 15.7 Å². The number of hydrogen-bond donors (Lipinski definition) is 1. The molecule has 136 valence electrons. The highest BCUT2D eigenvalue weighted by atomic mass is 16.5. The molecule has 0 spiro atoms. The number of nitrogens with zero attached hydrogens (tertiary/aromatic N) is 6. The monoisotopic (exact) mass is 363 g/mol. The van der Waals surface area contributed by atoms with Crippen molar-refractivity contribution in [2.75, 3.05) is 12.3 Å². The van der Waals surface area contributed by atoms with Gasteiger partial charge in [-0.05, 0) is 25.1 Å². The highest BCUT2D eigenvalue weighted by molar-refractivity contribution is 5.89. The van der Waals surface area contributed by atoms with E-state index in [0.717, 1.165) is 5.56 Å². The molecule has 0 amide bonds. The number of nitriles is 1. The number of ether oxygens (including phenoxy) is 1. The maximum atomic E-state index is 12.0. The van der Waals surface area contributed by atoms with Gasteiger partial charge in [0.2, 0.25) is 0 Å². The second kappa shape index (κ2) is 8.05. The Balaban J connectivity index is 1.53. The van der Waals surface area contributed by atoms with Crippen molar-refractivity contribution in [2.24, 2.45) is 0 Å². The molecule has 0 saturated carbocycles. The van der Waals surface area contributed by atoms with Gasteiger partial charge in [-0.3, -0.25) is 0 Å². The molecule has 9 nitrogen and oxygen atoms in total. The zero-order valence-electron chi connectivity index (χ0n) is 14.7. The van der Waals surface area contributed by atoms with E-state index in [-0.39, 0.29) is 6.61 Å². The lowest BCUT2D eigenvalue weighted by Gasteiger charge is -2.04. The molecule has 0 atom stereocenters.